The Morgan fingerprint density at radius 2 is 1.64 bits per heavy atom. The number of benzene rings is 1. The molecule has 4 bridgehead atoms. The monoisotopic (exact) mass is 598 g/mol. The molecule has 1 aromatic carbocycles. The van der Waals surface area contributed by atoms with Gasteiger partial charge in [-0.25, -0.2) is 14.6 Å². The Balaban J connectivity index is 1.27. The predicted octanol–water partition coefficient (Wildman–Crippen LogP) is 6.19. The number of carbonyl (C=O) groups is 2. The first-order valence-electron chi connectivity index (χ1n) is 15.9. The van der Waals surface area contributed by atoms with Crippen molar-refractivity contribution >= 4 is 17.8 Å². The molecule has 8 rings (SSSR count). The number of carbonyl (C=O) groups excluding carboxylic acids is 2. The van der Waals surface area contributed by atoms with Crippen molar-refractivity contribution in [2.45, 2.75) is 90.3 Å². The number of phenolic OH excluding ortho intramolecular Hbond substituents is 1. The van der Waals surface area contributed by atoms with E-state index in [2.05, 4.69) is 11.6 Å². The van der Waals surface area contributed by atoms with Crippen LogP contribution in [0, 0.1) is 24.7 Å². The third-order valence-corrected chi connectivity index (χ3v) is 10.3. The molecule has 0 amide bonds. The molecule has 0 atom stereocenters. The van der Waals surface area contributed by atoms with E-state index in [1.807, 2.05) is 44.0 Å². The molecule has 0 spiro atoms. The van der Waals surface area contributed by atoms with E-state index < -0.39 is 17.5 Å². The SMILES string of the molecule is COC(=O)c1ccc(O)c2c1CN(c1ccc(-c3cnn(C45CC6CC(CC(C6)C4)C5)c3C)c(C(=O)OC(C)(C)C)n1)CC2. The van der Waals surface area contributed by atoms with E-state index in [9.17, 15) is 14.7 Å². The highest BCUT2D eigenvalue weighted by molar-refractivity contribution is 5.96. The van der Waals surface area contributed by atoms with E-state index in [0.717, 1.165) is 34.6 Å². The number of fused-ring (bicyclic) bond motifs is 1. The van der Waals surface area contributed by atoms with Crippen molar-refractivity contribution in [2.24, 2.45) is 17.8 Å². The number of methoxy groups -OCH3 is 1. The van der Waals surface area contributed by atoms with Crippen LogP contribution in [0.2, 0.25) is 0 Å². The first-order chi connectivity index (χ1) is 20.9. The molecule has 0 saturated heterocycles. The van der Waals surface area contributed by atoms with Crippen LogP contribution in [0.4, 0.5) is 5.82 Å². The number of pyridine rings is 1. The summed E-state index contributed by atoms with van der Waals surface area (Å²) in [6, 6.07) is 7.02. The largest absolute Gasteiger partial charge is 0.508 e. The number of esters is 2. The fourth-order valence-corrected chi connectivity index (χ4v) is 8.95. The number of hydrogen-bond acceptors (Lipinski definition) is 8. The van der Waals surface area contributed by atoms with Crippen LogP contribution in [-0.4, -0.2) is 51.1 Å². The molecule has 9 heteroatoms. The summed E-state index contributed by atoms with van der Waals surface area (Å²) in [6.07, 6.45) is 10.1. The number of ether oxygens (including phenoxy) is 2. The summed E-state index contributed by atoms with van der Waals surface area (Å²) in [5.74, 6) is 2.21. The zero-order valence-electron chi connectivity index (χ0n) is 26.4. The van der Waals surface area contributed by atoms with Gasteiger partial charge in [0, 0.05) is 35.5 Å². The standard InChI is InChI=1S/C35H42N4O5/c1-20-27(18-36-39(20)35-15-21-12-22(16-35)14-23(13-21)17-35)25-7-9-30(37-31(25)33(42)44-34(2,3)4)38-11-10-24-28(19-38)26(32(41)43-5)6-8-29(24)40/h6-9,18,21-23,40H,10-17,19H2,1-5H3. The van der Waals surface area contributed by atoms with Gasteiger partial charge in [-0.3, -0.25) is 4.68 Å². The first-order valence-corrected chi connectivity index (χ1v) is 15.9. The molecule has 5 aliphatic rings. The van der Waals surface area contributed by atoms with E-state index in [4.69, 9.17) is 19.6 Å². The van der Waals surface area contributed by atoms with E-state index in [0.29, 0.717) is 42.0 Å². The van der Waals surface area contributed by atoms with E-state index in [-0.39, 0.29) is 17.0 Å². The lowest BCUT2D eigenvalue weighted by atomic mass is 9.53. The van der Waals surface area contributed by atoms with Crippen molar-refractivity contribution in [3.63, 3.8) is 0 Å². The molecular formula is C35H42N4O5. The van der Waals surface area contributed by atoms with Gasteiger partial charge in [0.05, 0.1) is 24.4 Å². The summed E-state index contributed by atoms with van der Waals surface area (Å²) in [4.78, 5) is 33.2. The Labute approximate surface area is 258 Å². The van der Waals surface area contributed by atoms with Crippen LogP contribution < -0.4 is 4.90 Å². The van der Waals surface area contributed by atoms with Crippen molar-refractivity contribution in [1.82, 2.24) is 14.8 Å². The van der Waals surface area contributed by atoms with Crippen LogP contribution in [0.15, 0.2) is 30.5 Å². The molecule has 2 aromatic heterocycles. The van der Waals surface area contributed by atoms with Crippen LogP contribution in [0.1, 0.15) is 97.0 Å². The molecule has 3 aromatic rings. The van der Waals surface area contributed by atoms with Crippen molar-refractivity contribution in [1.29, 1.82) is 0 Å². The molecule has 9 nitrogen and oxygen atoms in total. The predicted molar refractivity (Wildman–Crippen MR) is 166 cm³/mol. The molecule has 0 unspecified atom stereocenters. The molecule has 0 radical (unpaired) electrons. The van der Waals surface area contributed by atoms with E-state index >= 15 is 0 Å². The number of rotatable bonds is 5. The zero-order valence-corrected chi connectivity index (χ0v) is 26.4. The second-order valence-electron chi connectivity index (χ2n) is 14.5. The lowest BCUT2D eigenvalue weighted by Gasteiger charge is -2.57. The second kappa shape index (κ2) is 10.3. The molecular weight excluding hydrogens is 556 g/mol. The number of aromatic nitrogens is 3. The van der Waals surface area contributed by atoms with Gasteiger partial charge in [0.25, 0.3) is 0 Å². The minimum Gasteiger partial charge on any atom is -0.508 e. The Bertz CT molecular complexity index is 1620. The van der Waals surface area contributed by atoms with Crippen LogP contribution in [-0.2, 0) is 28.0 Å². The quantitative estimate of drug-likeness (QED) is 0.347. The average Bonchev–Trinajstić information content (AvgIpc) is 3.36. The number of phenols is 1. The normalized spacial score (nSPS) is 25.6. The summed E-state index contributed by atoms with van der Waals surface area (Å²) >= 11 is 0. The topological polar surface area (TPSA) is 107 Å². The summed E-state index contributed by atoms with van der Waals surface area (Å²) in [5.41, 5.74) is 4.17. The maximum atomic E-state index is 13.7. The highest BCUT2D eigenvalue weighted by atomic mass is 16.6. The fraction of sp³-hybridized carbons (Fsp3) is 0.543. The van der Waals surface area contributed by atoms with Crippen LogP contribution in [0.5, 0.6) is 5.75 Å². The van der Waals surface area contributed by atoms with Gasteiger partial charge in [0.15, 0.2) is 5.69 Å². The number of anilines is 1. The highest BCUT2D eigenvalue weighted by Crippen LogP contribution is 2.59. The van der Waals surface area contributed by atoms with Crippen molar-refractivity contribution in [3.8, 4) is 16.9 Å². The highest BCUT2D eigenvalue weighted by Gasteiger charge is 2.53. The molecule has 4 saturated carbocycles. The van der Waals surface area contributed by atoms with Crippen LogP contribution in [0.3, 0.4) is 0 Å². The van der Waals surface area contributed by atoms with Crippen molar-refractivity contribution in [3.05, 3.63) is 58.5 Å². The minimum atomic E-state index is -0.693. The Morgan fingerprint density at radius 1 is 0.955 bits per heavy atom. The number of aromatic hydroxyl groups is 1. The van der Waals surface area contributed by atoms with Crippen molar-refractivity contribution < 1.29 is 24.2 Å². The smallest absolute Gasteiger partial charge is 0.358 e. The maximum absolute atomic E-state index is 13.7. The van der Waals surface area contributed by atoms with E-state index in [1.54, 1.807) is 12.1 Å². The van der Waals surface area contributed by atoms with Gasteiger partial charge in [-0.1, -0.05) is 0 Å². The van der Waals surface area contributed by atoms with Crippen LogP contribution >= 0.6 is 0 Å². The van der Waals surface area contributed by atoms with Gasteiger partial charge < -0.3 is 19.5 Å². The lowest BCUT2D eigenvalue weighted by Crippen LogP contribution is -2.52. The number of nitrogens with zero attached hydrogens (tertiary/aromatic N) is 4. The Morgan fingerprint density at radius 3 is 2.27 bits per heavy atom. The maximum Gasteiger partial charge on any atom is 0.358 e. The van der Waals surface area contributed by atoms with Gasteiger partial charge in [0.2, 0.25) is 0 Å². The van der Waals surface area contributed by atoms with Gasteiger partial charge >= 0.3 is 11.9 Å². The molecule has 3 heterocycles. The molecule has 232 valence electrons. The van der Waals surface area contributed by atoms with E-state index in [1.165, 1.54) is 45.6 Å². The van der Waals surface area contributed by atoms with Crippen molar-refractivity contribution in [2.75, 3.05) is 18.6 Å². The molecule has 4 fully saturated rings. The number of hydrogen-bond donors (Lipinski definition) is 1. The fourth-order valence-electron chi connectivity index (χ4n) is 8.95. The van der Waals surface area contributed by atoms with Gasteiger partial charge in [-0.2, -0.15) is 5.10 Å². The third-order valence-electron chi connectivity index (χ3n) is 10.3. The lowest BCUT2D eigenvalue weighted by molar-refractivity contribution is -0.0503. The summed E-state index contributed by atoms with van der Waals surface area (Å²) in [6.45, 7) is 8.59. The first kappa shape index (κ1) is 28.9. The van der Waals surface area contributed by atoms with Gasteiger partial charge in [-0.05, 0) is 120 Å². The molecule has 1 N–H and O–H groups in total. The molecule has 4 aliphatic carbocycles. The van der Waals surface area contributed by atoms with Gasteiger partial charge in [-0.15, -0.1) is 0 Å². The zero-order chi connectivity index (χ0) is 31.0. The Kier molecular flexibility index (Phi) is 6.79. The van der Waals surface area contributed by atoms with Crippen LogP contribution in [0.25, 0.3) is 11.1 Å². The molecule has 44 heavy (non-hydrogen) atoms. The average molecular weight is 599 g/mol. The van der Waals surface area contributed by atoms with Gasteiger partial charge in [0.1, 0.15) is 17.2 Å². The Hall–Kier alpha value is -3.88. The third kappa shape index (κ3) is 4.85. The summed E-state index contributed by atoms with van der Waals surface area (Å²) in [7, 11) is 1.35. The summed E-state index contributed by atoms with van der Waals surface area (Å²) in [5, 5.41) is 15.5. The second-order valence-corrected chi connectivity index (χ2v) is 14.5. The summed E-state index contributed by atoms with van der Waals surface area (Å²) < 4.78 is 13.2. The molecule has 1 aliphatic heterocycles. The minimum absolute atomic E-state index is 0.0701.